The van der Waals surface area contributed by atoms with Gasteiger partial charge in [0, 0.05) is 37.0 Å². The summed E-state index contributed by atoms with van der Waals surface area (Å²) in [5.74, 6) is 0.599. The van der Waals surface area contributed by atoms with Crippen LogP contribution in [0.2, 0.25) is 0 Å². The number of hydrogen-bond acceptors (Lipinski definition) is 3. The fourth-order valence-electron chi connectivity index (χ4n) is 3.24. The van der Waals surface area contributed by atoms with Gasteiger partial charge in [-0.2, -0.15) is 5.10 Å². The minimum Gasteiger partial charge on any atom is -0.353 e. The van der Waals surface area contributed by atoms with E-state index in [2.05, 4.69) is 38.6 Å². The van der Waals surface area contributed by atoms with Gasteiger partial charge in [-0.1, -0.05) is 12.1 Å². The number of piperidine rings is 1. The number of benzene rings is 1. The van der Waals surface area contributed by atoms with Crippen molar-refractivity contribution in [1.29, 1.82) is 0 Å². The lowest BCUT2D eigenvalue weighted by molar-refractivity contribution is -0.123. The average molecular weight is 298 g/mol. The summed E-state index contributed by atoms with van der Waals surface area (Å²) in [7, 11) is 0. The van der Waals surface area contributed by atoms with Gasteiger partial charge in [0.1, 0.15) is 0 Å². The van der Waals surface area contributed by atoms with Gasteiger partial charge < -0.3 is 5.32 Å². The second-order valence-electron chi connectivity index (χ2n) is 6.62. The Morgan fingerprint density at radius 1 is 1.27 bits per heavy atom. The minimum atomic E-state index is 0.281. The largest absolute Gasteiger partial charge is 0.353 e. The Balaban J connectivity index is 1.30. The molecule has 1 aliphatic carbocycles. The fourth-order valence-corrected chi connectivity index (χ4v) is 3.24. The van der Waals surface area contributed by atoms with Crippen molar-refractivity contribution in [3.8, 4) is 0 Å². The van der Waals surface area contributed by atoms with Crippen LogP contribution in [0.5, 0.6) is 0 Å². The number of H-pyrrole nitrogens is 1. The first-order chi connectivity index (χ1) is 10.8. The molecule has 0 atom stereocenters. The van der Waals surface area contributed by atoms with E-state index in [9.17, 15) is 4.79 Å². The zero-order valence-electron chi connectivity index (χ0n) is 12.7. The maximum absolute atomic E-state index is 11.8. The predicted octanol–water partition coefficient (Wildman–Crippen LogP) is 2.05. The Morgan fingerprint density at radius 2 is 2.09 bits per heavy atom. The average Bonchev–Trinajstić information content (AvgIpc) is 3.28. The van der Waals surface area contributed by atoms with E-state index in [-0.39, 0.29) is 5.91 Å². The molecule has 4 rings (SSSR count). The van der Waals surface area contributed by atoms with Gasteiger partial charge in [-0.05, 0) is 37.3 Å². The summed E-state index contributed by atoms with van der Waals surface area (Å²) in [4.78, 5) is 14.3. The van der Waals surface area contributed by atoms with Gasteiger partial charge >= 0.3 is 0 Å². The van der Waals surface area contributed by atoms with Crippen molar-refractivity contribution < 1.29 is 4.79 Å². The van der Waals surface area contributed by atoms with Crippen LogP contribution in [-0.4, -0.2) is 40.1 Å². The molecule has 5 nitrogen and oxygen atoms in total. The van der Waals surface area contributed by atoms with Crippen LogP contribution in [0, 0.1) is 5.92 Å². The summed E-state index contributed by atoms with van der Waals surface area (Å²) in [5, 5.41) is 11.5. The molecular formula is C17H22N4O. The molecule has 1 amide bonds. The highest BCUT2D eigenvalue weighted by atomic mass is 16.2. The summed E-state index contributed by atoms with van der Waals surface area (Å²) in [5.41, 5.74) is 2.42. The summed E-state index contributed by atoms with van der Waals surface area (Å²) in [6.45, 7) is 3.07. The molecule has 1 aliphatic heterocycles. The van der Waals surface area contributed by atoms with E-state index in [1.54, 1.807) is 0 Å². The summed E-state index contributed by atoms with van der Waals surface area (Å²) >= 11 is 0. The third-order valence-corrected chi connectivity index (χ3v) is 4.79. The first-order valence-corrected chi connectivity index (χ1v) is 8.23. The molecule has 0 spiro atoms. The second kappa shape index (κ2) is 5.72. The third-order valence-electron chi connectivity index (χ3n) is 4.79. The molecule has 116 valence electrons. The normalized spacial score (nSPS) is 20.4. The molecule has 0 radical (unpaired) electrons. The van der Waals surface area contributed by atoms with Gasteiger partial charge in [0.25, 0.3) is 0 Å². The summed E-state index contributed by atoms with van der Waals surface area (Å²) in [6, 6.07) is 6.86. The molecule has 0 bridgehead atoms. The van der Waals surface area contributed by atoms with Gasteiger partial charge in [0.2, 0.25) is 5.91 Å². The number of hydrogen-bond donors (Lipinski definition) is 2. The van der Waals surface area contributed by atoms with Gasteiger partial charge in [-0.25, -0.2) is 0 Å². The standard InChI is InChI=1S/C17H22N4O/c22-17(13-3-4-13)19-15-5-7-21(8-6-15)11-12-1-2-14-10-18-20-16(14)9-12/h1-2,9-10,13,15H,3-8,11H2,(H,18,20)(H,19,22). The quantitative estimate of drug-likeness (QED) is 0.908. The van der Waals surface area contributed by atoms with Crippen molar-refractivity contribution in [2.75, 3.05) is 13.1 Å². The molecule has 1 aromatic carbocycles. The van der Waals surface area contributed by atoms with Crippen LogP contribution in [-0.2, 0) is 11.3 Å². The molecule has 5 heteroatoms. The highest BCUT2D eigenvalue weighted by molar-refractivity contribution is 5.81. The number of aromatic amines is 1. The Hall–Kier alpha value is -1.88. The minimum absolute atomic E-state index is 0.281. The van der Waals surface area contributed by atoms with E-state index < -0.39 is 0 Å². The maximum Gasteiger partial charge on any atom is 0.223 e. The number of carbonyl (C=O) groups excluding carboxylic acids is 1. The molecule has 1 saturated carbocycles. The Morgan fingerprint density at radius 3 is 2.86 bits per heavy atom. The van der Waals surface area contributed by atoms with Crippen LogP contribution >= 0.6 is 0 Å². The lowest BCUT2D eigenvalue weighted by atomic mass is 10.0. The van der Waals surface area contributed by atoms with E-state index in [1.165, 1.54) is 5.56 Å². The van der Waals surface area contributed by atoms with Crippen LogP contribution < -0.4 is 5.32 Å². The lowest BCUT2D eigenvalue weighted by Crippen LogP contribution is -2.44. The highest BCUT2D eigenvalue weighted by Gasteiger charge is 2.31. The Bertz CT molecular complexity index is 668. The zero-order valence-corrected chi connectivity index (χ0v) is 12.7. The number of aromatic nitrogens is 2. The van der Waals surface area contributed by atoms with Crippen molar-refractivity contribution in [3.05, 3.63) is 30.0 Å². The van der Waals surface area contributed by atoms with Crippen LogP contribution in [0.15, 0.2) is 24.4 Å². The monoisotopic (exact) mass is 298 g/mol. The van der Waals surface area contributed by atoms with Crippen molar-refractivity contribution in [3.63, 3.8) is 0 Å². The number of likely N-dealkylation sites (tertiary alicyclic amines) is 1. The molecule has 2 heterocycles. The molecule has 0 unspecified atom stereocenters. The molecule has 2 N–H and O–H groups in total. The number of rotatable bonds is 4. The number of amides is 1. The van der Waals surface area contributed by atoms with Crippen molar-refractivity contribution >= 4 is 16.8 Å². The predicted molar refractivity (Wildman–Crippen MR) is 85.3 cm³/mol. The van der Waals surface area contributed by atoms with E-state index in [0.717, 1.165) is 56.2 Å². The molecule has 22 heavy (non-hydrogen) atoms. The first-order valence-electron chi connectivity index (χ1n) is 8.23. The first kappa shape index (κ1) is 13.8. The topological polar surface area (TPSA) is 61.0 Å². The Labute approximate surface area is 130 Å². The lowest BCUT2D eigenvalue weighted by Gasteiger charge is -2.32. The van der Waals surface area contributed by atoms with E-state index in [1.807, 2.05) is 6.20 Å². The second-order valence-corrected chi connectivity index (χ2v) is 6.62. The van der Waals surface area contributed by atoms with Crippen molar-refractivity contribution in [2.24, 2.45) is 5.92 Å². The SMILES string of the molecule is O=C(NC1CCN(Cc2ccc3cn[nH]c3c2)CC1)C1CC1. The molecule has 2 aliphatic rings. The molecular weight excluding hydrogens is 276 g/mol. The van der Waals surface area contributed by atoms with Gasteiger partial charge in [-0.15, -0.1) is 0 Å². The number of nitrogens with zero attached hydrogens (tertiary/aromatic N) is 2. The van der Waals surface area contributed by atoms with Gasteiger partial charge in [0.15, 0.2) is 0 Å². The molecule has 2 fully saturated rings. The molecule has 2 aromatic rings. The van der Waals surface area contributed by atoms with E-state index in [0.29, 0.717) is 12.0 Å². The van der Waals surface area contributed by atoms with Gasteiger partial charge in [0.05, 0.1) is 11.7 Å². The zero-order chi connectivity index (χ0) is 14.9. The molecule has 1 aromatic heterocycles. The van der Waals surface area contributed by atoms with Crippen molar-refractivity contribution in [2.45, 2.75) is 38.3 Å². The number of carbonyl (C=O) groups is 1. The van der Waals surface area contributed by atoms with Crippen molar-refractivity contribution in [1.82, 2.24) is 20.4 Å². The highest BCUT2D eigenvalue weighted by Crippen LogP contribution is 2.29. The van der Waals surface area contributed by atoms with Gasteiger partial charge in [-0.3, -0.25) is 14.8 Å². The third kappa shape index (κ3) is 2.99. The number of fused-ring (bicyclic) bond motifs is 1. The van der Waals surface area contributed by atoms with E-state index in [4.69, 9.17) is 0 Å². The van der Waals surface area contributed by atoms with Crippen LogP contribution in [0.1, 0.15) is 31.2 Å². The fraction of sp³-hybridized carbons (Fsp3) is 0.529. The van der Waals surface area contributed by atoms with E-state index >= 15 is 0 Å². The summed E-state index contributed by atoms with van der Waals surface area (Å²) < 4.78 is 0. The Kier molecular flexibility index (Phi) is 3.58. The molecule has 1 saturated heterocycles. The van der Waals surface area contributed by atoms with Crippen LogP contribution in [0.25, 0.3) is 10.9 Å². The number of nitrogens with one attached hydrogen (secondary N) is 2. The summed E-state index contributed by atoms with van der Waals surface area (Å²) in [6.07, 6.45) is 6.14. The van der Waals surface area contributed by atoms with Crippen LogP contribution in [0.3, 0.4) is 0 Å². The van der Waals surface area contributed by atoms with Crippen LogP contribution in [0.4, 0.5) is 0 Å². The smallest absolute Gasteiger partial charge is 0.223 e. The maximum atomic E-state index is 11.8.